The van der Waals surface area contributed by atoms with Crippen LogP contribution in [0, 0.1) is 0 Å². The third-order valence-electron chi connectivity index (χ3n) is 6.19. The maximum absolute atomic E-state index is 13.3. The van der Waals surface area contributed by atoms with Crippen LogP contribution in [0.3, 0.4) is 0 Å². The minimum Gasteiger partial charge on any atom is -0.508 e. The van der Waals surface area contributed by atoms with Crippen molar-refractivity contribution in [3.63, 3.8) is 0 Å². The molecule has 0 radical (unpaired) electrons. The monoisotopic (exact) mass is 593 g/mol. The highest BCUT2D eigenvalue weighted by Crippen LogP contribution is 2.13. The fourth-order valence-corrected chi connectivity index (χ4v) is 3.86. The molecular formula is C26H43N9O7. The van der Waals surface area contributed by atoms with Crippen LogP contribution >= 0.6 is 0 Å². The first kappa shape index (κ1) is 35.6. The van der Waals surface area contributed by atoms with Crippen molar-refractivity contribution >= 4 is 35.6 Å². The zero-order chi connectivity index (χ0) is 31.7. The van der Waals surface area contributed by atoms with Crippen LogP contribution in [-0.2, 0) is 30.4 Å². The first-order valence-corrected chi connectivity index (χ1v) is 13.5. The van der Waals surface area contributed by atoms with Crippen molar-refractivity contribution in [1.82, 2.24) is 16.0 Å². The Morgan fingerprint density at radius 3 is 1.95 bits per heavy atom. The van der Waals surface area contributed by atoms with Gasteiger partial charge in [0.2, 0.25) is 23.6 Å². The van der Waals surface area contributed by atoms with Crippen LogP contribution in [0.1, 0.15) is 50.5 Å². The molecule has 234 valence electrons. The summed E-state index contributed by atoms with van der Waals surface area (Å²) in [4.78, 5) is 66.3. The van der Waals surface area contributed by atoms with E-state index >= 15 is 0 Å². The average molecular weight is 594 g/mol. The van der Waals surface area contributed by atoms with Crippen molar-refractivity contribution in [3.05, 3.63) is 29.8 Å². The van der Waals surface area contributed by atoms with Crippen molar-refractivity contribution in [2.45, 2.75) is 75.5 Å². The molecule has 0 aliphatic heterocycles. The largest absolute Gasteiger partial charge is 0.508 e. The van der Waals surface area contributed by atoms with E-state index in [0.717, 1.165) is 0 Å². The Labute approximate surface area is 243 Å². The molecule has 16 heteroatoms. The molecule has 1 aromatic carbocycles. The van der Waals surface area contributed by atoms with Crippen LogP contribution in [0.15, 0.2) is 29.3 Å². The summed E-state index contributed by atoms with van der Waals surface area (Å²) in [6.07, 6.45) is 1.20. The number of guanidine groups is 1. The predicted molar refractivity (Wildman–Crippen MR) is 154 cm³/mol. The number of nitrogens with one attached hydrogen (secondary N) is 3. The molecule has 16 nitrogen and oxygen atoms in total. The van der Waals surface area contributed by atoms with Crippen molar-refractivity contribution < 1.29 is 34.2 Å². The smallest absolute Gasteiger partial charge is 0.326 e. The van der Waals surface area contributed by atoms with Gasteiger partial charge in [-0.15, -0.1) is 0 Å². The molecular weight excluding hydrogens is 550 g/mol. The molecule has 0 heterocycles. The van der Waals surface area contributed by atoms with Crippen LogP contribution < -0.4 is 44.6 Å². The minimum atomic E-state index is -1.29. The van der Waals surface area contributed by atoms with Gasteiger partial charge in [0.15, 0.2) is 5.96 Å². The van der Waals surface area contributed by atoms with Crippen LogP contribution in [0.2, 0.25) is 0 Å². The number of aromatic hydroxyl groups is 1. The Balaban J connectivity index is 3.11. The number of phenolic OH excluding ortho intramolecular Hbond substituents is 1. The summed E-state index contributed by atoms with van der Waals surface area (Å²) in [6.45, 7) is 0.602. The molecule has 0 aliphatic carbocycles. The molecule has 0 saturated carbocycles. The minimum absolute atomic E-state index is 0.0153. The number of nitrogens with zero attached hydrogens (tertiary/aromatic N) is 1. The van der Waals surface area contributed by atoms with Gasteiger partial charge in [0.25, 0.3) is 0 Å². The zero-order valence-electron chi connectivity index (χ0n) is 23.5. The molecule has 0 aromatic heterocycles. The lowest BCUT2D eigenvalue weighted by atomic mass is 10.0. The number of unbranched alkanes of at least 4 members (excludes halogenated alkanes) is 1. The molecule has 0 saturated heterocycles. The van der Waals surface area contributed by atoms with Crippen molar-refractivity contribution in [2.75, 3.05) is 13.1 Å². The van der Waals surface area contributed by atoms with Gasteiger partial charge in [-0.2, -0.15) is 0 Å². The van der Waals surface area contributed by atoms with Crippen LogP contribution in [0.5, 0.6) is 5.75 Å². The maximum Gasteiger partial charge on any atom is 0.326 e. The van der Waals surface area contributed by atoms with Crippen molar-refractivity contribution in [2.24, 2.45) is 33.7 Å². The fraction of sp³-hybridized carbons (Fsp3) is 0.538. The predicted octanol–water partition coefficient (Wildman–Crippen LogP) is -2.75. The number of carboxylic acids is 1. The highest BCUT2D eigenvalue weighted by molar-refractivity contribution is 5.94. The lowest BCUT2D eigenvalue weighted by molar-refractivity contribution is -0.142. The number of hydrogen-bond donors (Lipinski definition) is 10. The Hall–Kier alpha value is -4.44. The molecule has 4 amide bonds. The summed E-state index contributed by atoms with van der Waals surface area (Å²) in [7, 11) is 0. The zero-order valence-corrected chi connectivity index (χ0v) is 23.5. The Bertz CT molecular complexity index is 1080. The van der Waals surface area contributed by atoms with E-state index in [0.29, 0.717) is 31.4 Å². The second-order valence-electron chi connectivity index (χ2n) is 9.74. The molecule has 42 heavy (non-hydrogen) atoms. The summed E-state index contributed by atoms with van der Waals surface area (Å²) < 4.78 is 0. The second-order valence-corrected chi connectivity index (χ2v) is 9.74. The topological polar surface area (TPSA) is 304 Å². The molecule has 15 N–H and O–H groups in total. The van der Waals surface area contributed by atoms with E-state index in [1.54, 1.807) is 0 Å². The van der Waals surface area contributed by atoms with Gasteiger partial charge in [-0.3, -0.25) is 24.2 Å². The van der Waals surface area contributed by atoms with E-state index in [2.05, 4.69) is 20.9 Å². The van der Waals surface area contributed by atoms with Crippen LogP contribution in [-0.4, -0.2) is 83.0 Å². The van der Waals surface area contributed by atoms with Gasteiger partial charge < -0.3 is 54.8 Å². The number of amides is 4. The molecule has 1 aromatic rings. The summed E-state index contributed by atoms with van der Waals surface area (Å²) in [5.41, 5.74) is 27.8. The van der Waals surface area contributed by atoms with E-state index < -0.39 is 53.8 Å². The molecule has 1 rings (SSSR count). The third kappa shape index (κ3) is 14.3. The van der Waals surface area contributed by atoms with Gasteiger partial charge in [-0.1, -0.05) is 12.1 Å². The highest BCUT2D eigenvalue weighted by Gasteiger charge is 2.30. The molecule has 4 atom stereocenters. The van der Waals surface area contributed by atoms with E-state index in [4.69, 9.17) is 28.7 Å². The first-order chi connectivity index (χ1) is 19.8. The van der Waals surface area contributed by atoms with Gasteiger partial charge in [0.05, 0.1) is 6.04 Å². The van der Waals surface area contributed by atoms with E-state index in [1.807, 2.05) is 0 Å². The summed E-state index contributed by atoms with van der Waals surface area (Å²) in [5, 5.41) is 26.7. The SMILES string of the molecule is NCCCCC(NC(=O)C(Cc1ccc(O)cc1)NC(=O)C(CCC(N)=O)NC(=O)C(N)CCCN=C(N)N)C(=O)O. The molecule has 4 unspecified atom stereocenters. The summed E-state index contributed by atoms with van der Waals surface area (Å²) in [6, 6.07) is 1.03. The van der Waals surface area contributed by atoms with Gasteiger partial charge in [-0.25, -0.2) is 4.79 Å². The number of aliphatic imine (C=N–C) groups is 1. The number of hydrogen-bond acceptors (Lipinski definition) is 9. The number of carboxylic acid groups (broad SMARTS) is 1. The van der Waals surface area contributed by atoms with E-state index in [1.165, 1.54) is 24.3 Å². The number of carbonyl (C=O) groups excluding carboxylic acids is 4. The van der Waals surface area contributed by atoms with Gasteiger partial charge >= 0.3 is 5.97 Å². The average Bonchev–Trinajstić information content (AvgIpc) is 2.92. The molecule has 0 fully saturated rings. The van der Waals surface area contributed by atoms with Gasteiger partial charge in [-0.05, 0) is 62.8 Å². The normalized spacial score (nSPS) is 13.6. The lowest BCUT2D eigenvalue weighted by Crippen LogP contribution is -2.57. The Morgan fingerprint density at radius 2 is 1.38 bits per heavy atom. The number of primary amides is 1. The lowest BCUT2D eigenvalue weighted by Gasteiger charge is -2.25. The number of rotatable bonds is 20. The number of aliphatic carboxylic acids is 1. The first-order valence-electron chi connectivity index (χ1n) is 13.5. The van der Waals surface area contributed by atoms with Crippen LogP contribution in [0.4, 0.5) is 0 Å². The van der Waals surface area contributed by atoms with Gasteiger partial charge in [0, 0.05) is 19.4 Å². The van der Waals surface area contributed by atoms with Crippen molar-refractivity contribution in [1.29, 1.82) is 0 Å². The highest BCUT2D eigenvalue weighted by atomic mass is 16.4. The number of benzene rings is 1. The second kappa shape index (κ2) is 18.8. The fourth-order valence-electron chi connectivity index (χ4n) is 3.86. The van der Waals surface area contributed by atoms with E-state index in [9.17, 15) is 34.2 Å². The summed E-state index contributed by atoms with van der Waals surface area (Å²) >= 11 is 0. The molecule has 0 aliphatic rings. The number of phenols is 1. The third-order valence-corrected chi connectivity index (χ3v) is 6.19. The van der Waals surface area contributed by atoms with Crippen molar-refractivity contribution in [3.8, 4) is 5.75 Å². The summed E-state index contributed by atoms with van der Waals surface area (Å²) in [5.74, 6) is -4.38. The Morgan fingerprint density at radius 1 is 0.786 bits per heavy atom. The Kier molecular flexibility index (Phi) is 15.9. The standard InChI is InChI=1S/C26H43N9O7/c27-12-2-1-5-19(25(41)42)34-24(40)20(14-15-6-8-16(36)9-7-15)35-23(39)18(10-11-21(29)37)33-22(38)17(28)4-3-13-32-26(30)31/h6-9,17-20,36H,1-5,10-14,27-28H2,(H2,29,37)(H,33,38)(H,34,40)(H,35,39)(H,41,42)(H4,30,31,32). The molecule has 0 bridgehead atoms. The number of carbonyl (C=O) groups is 5. The molecule has 0 spiro atoms. The number of nitrogens with two attached hydrogens (primary N) is 5. The van der Waals surface area contributed by atoms with Crippen LogP contribution in [0.25, 0.3) is 0 Å². The maximum atomic E-state index is 13.3. The quantitative estimate of drug-likeness (QED) is 0.0419. The van der Waals surface area contributed by atoms with E-state index in [-0.39, 0.29) is 50.4 Å². The van der Waals surface area contributed by atoms with Gasteiger partial charge in [0.1, 0.15) is 23.9 Å².